The van der Waals surface area contributed by atoms with Crippen LogP contribution in [0.2, 0.25) is 0 Å². The van der Waals surface area contributed by atoms with Gasteiger partial charge in [-0.15, -0.1) is 0 Å². The topological polar surface area (TPSA) is 63.0 Å². The molecule has 2 amide bonds. The zero-order chi connectivity index (χ0) is 18.7. The standard InChI is InChI=1S/C20H24N2O4/c1-4-25-18-8-6-5-7-17(18)22-12-15(11-19(22)23)20(24)21(3)13-16-10-9-14(2)26-16/h5-10,15H,4,11-13H2,1-3H3. The van der Waals surface area contributed by atoms with Gasteiger partial charge in [0.15, 0.2) is 0 Å². The van der Waals surface area contributed by atoms with Crippen molar-refractivity contribution >= 4 is 17.5 Å². The fourth-order valence-electron chi connectivity index (χ4n) is 3.26. The van der Waals surface area contributed by atoms with Crippen molar-refractivity contribution in [2.75, 3.05) is 25.1 Å². The minimum atomic E-state index is -0.363. The first kappa shape index (κ1) is 18.0. The van der Waals surface area contributed by atoms with Crippen LogP contribution in [0, 0.1) is 12.8 Å². The number of hydrogen-bond acceptors (Lipinski definition) is 4. The lowest BCUT2D eigenvalue weighted by Gasteiger charge is -2.22. The van der Waals surface area contributed by atoms with Crippen molar-refractivity contribution in [1.82, 2.24) is 4.90 Å². The van der Waals surface area contributed by atoms with Crippen molar-refractivity contribution in [2.45, 2.75) is 26.8 Å². The average Bonchev–Trinajstić information content (AvgIpc) is 3.20. The van der Waals surface area contributed by atoms with Crippen LogP contribution in [-0.4, -0.2) is 36.9 Å². The number of carbonyl (C=O) groups excluding carboxylic acids is 2. The molecule has 1 unspecified atom stereocenters. The van der Waals surface area contributed by atoms with E-state index in [4.69, 9.17) is 9.15 Å². The van der Waals surface area contributed by atoms with Crippen LogP contribution < -0.4 is 9.64 Å². The third-order valence-corrected chi connectivity index (χ3v) is 4.50. The number of nitrogens with zero attached hydrogens (tertiary/aromatic N) is 2. The van der Waals surface area contributed by atoms with Gasteiger partial charge in [-0.25, -0.2) is 0 Å². The van der Waals surface area contributed by atoms with Gasteiger partial charge >= 0.3 is 0 Å². The number of rotatable bonds is 6. The van der Waals surface area contributed by atoms with Crippen molar-refractivity contribution in [3.63, 3.8) is 0 Å². The largest absolute Gasteiger partial charge is 0.492 e. The molecule has 0 N–H and O–H groups in total. The van der Waals surface area contributed by atoms with Gasteiger partial charge in [0.05, 0.1) is 24.8 Å². The molecule has 6 heteroatoms. The molecular formula is C20H24N2O4. The normalized spacial score (nSPS) is 16.8. The Hall–Kier alpha value is -2.76. The Morgan fingerprint density at radius 1 is 1.31 bits per heavy atom. The van der Waals surface area contributed by atoms with E-state index in [9.17, 15) is 9.59 Å². The summed E-state index contributed by atoms with van der Waals surface area (Å²) < 4.78 is 11.2. The molecule has 138 valence electrons. The maximum Gasteiger partial charge on any atom is 0.228 e. The highest BCUT2D eigenvalue weighted by atomic mass is 16.5. The molecule has 1 aliphatic rings. The van der Waals surface area contributed by atoms with Crippen molar-refractivity contribution in [1.29, 1.82) is 0 Å². The van der Waals surface area contributed by atoms with Gasteiger partial charge in [0.1, 0.15) is 17.3 Å². The average molecular weight is 356 g/mol. The summed E-state index contributed by atoms with van der Waals surface area (Å²) in [7, 11) is 1.74. The van der Waals surface area contributed by atoms with E-state index in [2.05, 4.69) is 0 Å². The summed E-state index contributed by atoms with van der Waals surface area (Å²) in [5, 5.41) is 0. The van der Waals surface area contributed by atoms with E-state index in [1.807, 2.05) is 50.2 Å². The molecule has 1 fully saturated rings. The minimum Gasteiger partial charge on any atom is -0.492 e. The molecule has 3 rings (SSSR count). The molecular weight excluding hydrogens is 332 g/mol. The minimum absolute atomic E-state index is 0.0520. The second-order valence-corrected chi connectivity index (χ2v) is 6.51. The highest BCUT2D eigenvalue weighted by Gasteiger charge is 2.37. The van der Waals surface area contributed by atoms with Crippen LogP contribution in [0.3, 0.4) is 0 Å². The highest BCUT2D eigenvalue weighted by Crippen LogP contribution is 2.33. The van der Waals surface area contributed by atoms with Gasteiger partial charge in [-0.05, 0) is 38.1 Å². The molecule has 1 aromatic carbocycles. The zero-order valence-corrected chi connectivity index (χ0v) is 15.4. The molecule has 0 spiro atoms. The number of benzene rings is 1. The number of para-hydroxylation sites is 2. The Labute approximate surface area is 153 Å². The Balaban J connectivity index is 1.70. The van der Waals surface area contributed by atoms with Gasteiger partial charge in [-0.2, -0.15) is 0 Å². The predicted octanol–water partition coefficient (Wildman–Crippen LogP) is 3.00. The lowest BCUT2D eigenvalue weighted by Crippen LogP contribution is -2.34. The first-order chi connectivity index (χ1) is 12.5. The molecule has 6 nitrogen and oxygen atoms in total. The van der Waals surface area contributed by atoms with Crippen molar-refractivity contribution in [3.05, 3.63) is 47.9 Å². The molecule has 0 radical (unpaired) electrons. The Kier molecular flexibility index (Phi) is 5.30. The molecule has 1 saturated heterocycles. The van der Waals surface area contributed by atoms with E-state index < -0.39 is 0 Å². The van der Waals surface area contributed by atoms with E-state index in [1.54, 1.807) is 16.8 Å². The van der Waals surface area contributed by atoms with Gasteiger partial charge in [0.25, 0.3) is 0 Å². The van der Waals surface area contributed by atoms with E-state index in [-0.39, 0.29) is 24.2 Å². The molecule has 0 bridgehead atoms. The summed E-state index contributed by atoms with van der Waals surface area (Å²) in [4.78, 5) is 28.5. The van der Waals surface area contributed by atoms with Crippen molar-refractivity contribution in [3.8, 4) is 5.75 Å². The Bertz CT molecular complexity index is 799. The predicted molar refractivity (Wildman–Crippen MR) is 98.0 cm³/mol. The second-order valence-electron chi connectivity index (χ2n) is 6.51. The third kappa shape index (κ3) is 3.74. The van der Waals surface area contributed by atoms with Crippen LogP contribution in [0.1, 0.15) is 24.9 Å². The van der Waals surface area contributed by atoms with E-state index >= 15 is 0 Å². The van der Waals surface area contributed by atoms with Crippen LogP contribution in [0.25, 0.3) is 0 Å². The van der Waals surface area contributed by atoms with E-state index in [0.29, 0.717) is 25.4 Å². The molecule has 0 aliphatic carbocycles. The highest BCUT2D eigenvalue weighted by molar-refractivity contribution is 6.01. The van der Waals surface area contributed by atoms with E-state index in [1.165, 1.54) is 0 Å². The number of ether oxygens (including phenoxy) is 1. The third-order valence-electron chi connectivity index (χ3n) is 4.50. The van der Waals surface area contributed by atoms with Gasteiger partial charge in [-0.3, -0.25) is 9.59 Å². The van der Waals surface area contributed by atoms with Crippen LogP contribution in [-0.2, 0) is 16.1 Å². The monoisotopic (exact) mass is 356 g/mol. The molecule has 1 atom stereocenters. The zero-order valence-electron chi connectivity index (χ0n) is 15.4. The van der Waals surface area contributed by atoms with Gasteiger partial charge < -0.3 is 19.0 Å². The molecule has 2 heterocycles. The quantitative estimate of drug-likeness (QED) is 0.798. The van der Waals surface area contributed by atoms with Crippen LogP contribution >= 0.6 is 0 Å². The maximum absolute atomic E-state index is 12.8. The fourth-order valence-corrected chi connectivity index (χ4v) is 3.26. The summed E-state index contributed by atoms with van der Waals surface area (Å²) >= 11 is 0. The first-order valence-electron chi connectivity index (χ1n) is 8.82. The molecule has 0 saturated carbocycles. The molecule has 1 aliphatic heterocycles. The fraction of sp³-hybridized carbons (Fsp3) is 0.400. The number of hydrogen-bond donors (Lipinski definition) is 0. The van der Waals surface area contributed by atoms with E-state index in [0.717, 1.165) is 17.2 Å². The molecule has 2 aromatic rings. The summed E-state index contributed by atoms with van der Waals surface area (Å²) in [5.74, 6) is 1.74. The number of furan rings is 1. The number of aryl methyl sites for hydroxylation is 1. The Morgan fingerprint density at radius 2 is 2.08 bits per heavy atom. The van der Waals surface area contributed by atoms with Crippen molar-refractivity contribution < 1.29 is 18.7 Å². The van der Waals surface area contributed by atoms with Crippen LogP contribution in [0.4, 0.5) is 5.69 Å². The summed E-state index contributed by atoms with van der Waals surface area (Å²) in [6, 6.07) is 11.2. The number of carbonyl (C=O) groups is 2. The molecule has 1 aromatic heterocycles. The SMILES string of the molecule is CCOc1ccccc1N1CC(C(=O)N(C)Cc2ccc(C)o2)CC1=O. The van der Waals surface area contributed by atoms with Gasteiger partial charge in [-0.1, -0.05) is 12.1 Å². The maximum atomic E-state index is 12.8. The van der Waals surface area contributed by atoms with Gasteiger partial charge in [0.2, 0.25) is 11.8 Å². The lowest BCUT2D eigenvalue weighted by molar-refractivity contribution is -0.135. The summed E-state index contributed by atoms with van der Waals surface area (Å²) in [6.07, 6.45) is 0.209. The smallest absolute Gasteiger partial charge is 0.228 e. The van der Waals surface area contributed by atoms with Crippen LogP contribution in [0.5, 0.6) is 5.75 Å². The number of anilines is 1. The number of amides is 2. The molecule has 26 heavy (non-hydrogen) atoms. The van der Waals surface area contributed by atoms with Gasteiger partial charge in [0, 0.05) is 20.0 Å². The van der Waals surface area contributed by atoms with Crippen LogP contribution in [0.15, 0.2) is 40.8 Å². The lowest BCUT2D eigenvalue weighted by atomic mass is 10.1. The summed E-state index contributed by atoms with van der Waals surface area (Å²) in [6.45, 7) is 5.05. The second kappa shape index (κ2) is 7.64. The first-order valence-corrected chi connectivity index (χ1v) is 8.82. The van der Waals surface area contributed by atoms with Crippen molar-refractivity contribution in [2.24, 2.45) is 5.92 Å². The Morgan fingerprint density at radius 3 is 2.77 bits per heavy atom. The summed E-state index contributed by atoms with van der Waals surface area (Å²) in [5.41, 5.74) is 0.721.